The first-order valence-corrected chi connectivity index (χ1v) is 5.46. The summed E-state index contributed by atoms with van der Waals surface area (Å²) in [6, 6.07) is 11.8. The van der Waals surface area contributed by atoms with E-state index in [1.54, 1.807) is 0 Å². The first kappa shape index (κ1) is 10.2. The number of nitrogens with zero attached hydrogens (tertiary/aromatic N) is 1. The second kappa shape index (κ2) is 4.99. The average molecular weight is 201 g/mol. The summed E-state index contributed by atoms with van der Waals surface area (Å²) < 4.78 is 0. The number of benzene rings is 1. The van der Waals surface area contributed by atoms with Gasteiger partial charge in [-0.05, 0) is 24.6 Å². The van der Waals surface area contributed by atoms with Gasteiger partial charge in [-0.3, -0.25) is 0 Å². The monoisotopic (exact) mass is 201 g/mol. The van der Waals surface area contributed by atoms with Crippen molar-refractivity contribution in [3.05, 3.63) is 43.0 Å². The molecule has 2 rings (SSSR count). The number of piperazine rings is 1. The SMILES string of the molecule is C=CCC1CNCCN1c1cc[c]cc1. The quantitative estimate of drug-likeness (QED) is 0.751. The van der Waals surface area contributed by atoms with Crippen molar-refractivity contribution in [2.45, 2.75) is 12.5 Å². The van der Waals surface area contributed by atoms with E-state index in [1.165, 1.54) is 5.69 Å². The Hall–Kier alpha value is -1.28. The number of nitrogens with one attached hydrogen (secondary N) is 1. The molecule has 1 N–H and O–H groups in total. The molecule has 1 fully saturated rings. The number of anilines is 1. The first-order chi connectivity index (χ1) is 7.42. The summed E-state index contributed by atoms with van der Waals surface area (Å²) in [7, 11) is 0. The van der Waals surface area contributed by atoms with Crippen LogP contribution in [0.15, 0.2) is 36.9 Å². The van der Waals surface area contributed by atoms with Gasteiger partial charge in [0.2, 0.25) is 0 Å². The topological polar surface area (TPSA) is 15.3 Å². The maximum atomic E-state index is 3.82. The molecule has 2 nitrogen and oxygen atoms in total. The van der Waals surface area contributed by atoms with Crippen molar-refractivity contribution >= 4 is 5.69 Å². The molecular weight excluding hydrogens is 184 g/mol. The minimum absolute atomic E-state index is 0.540. The summed E-state index contributed by atoms with van der Waals surface area (Å²) in [5, 5.41) is 3.42. The van der Waals surface area contributed by atoms with Crippen LogP contribution in [0.4, 0.5) is 5.69 Å². The van der Waals surface area contributed by atoms with Crippen LogP contribution >= 0.6 is 0 Å². The zero-order valence-electron chi connectivity index (χ0n) is 8.95. The lowest BCUT2D eigenvalue weighted by molar-refractivity contribution is 0.479. The highest BCUT2D eigenvalue weighted by Crippen LogP contribution is 2.19. The number of rotatable bonds is 3. The van der Waals surface area contributed by atoms with Crippen LogP contribution in [0.2, 0.25) is 0 Å². The summed E-state index contributed by atoms with van der Waals surface area (Å²) in [5.74, 6) is 0. The van der Waals surface area contributed by atoms with E-state index in [0.29, 0.717) is 6.04 Å². The molecule has 2 heteroatoms. The highest BCUT2D eigenvalue weighted by Gasteiger charge is 2.20. The van der Waals surface area contributed by atoms with Crippen molar-refractivity contribution in [2.75, 3.05) is 24.5 Å². The van der Waals surface area contributed by atoms with Crippen LogP contribution in [-0.2, 0) is 0 Å². The van der Waals surface area contributed by atoms with Gasteiger partial charge in [-0.2, -0.15) is 0 Å². The first-order valence-electron chi connectivity index (χ1n) is 5.46. The number of hydrogen-bond donors (Lipinski definition) is 1. The van der Waals surface area contributed by atoms with Crippen molar-refractivity contribution in [1.29, 1.82) is 0 Å². The molecule has 1 atom stereocenters. The molecule has 1 radical (unpaired) electrons. The van der Waals surface area contributed by atoms with Crippen molar-refractivity contribution in [2.24, 2.45) is 0 Å². The lowest BCUT2D eigenvalue weighted by Crippen LogP contribution is -2.51. The maximum Gasteiger partial charge on any atom is 0.0449 e. The van der Waals surface area contributed by atoms with E-state index in [1.807, 2.05) is 18.2 Å². The third-order valence-electron chi connectivity index (χ3n) is 2.82. The van der Waals surface area contributed by atoms with E-state index in [0.717, 1.165) is 26.1 Å². The Bertz CT molecular complexity index is 308. The second-order valence-electron chi connectivity index (χ2n) is 3.83. The Morgan fingerprint density at radius 1 is 1.53 bits per heavy atom. The second-order valence-corrected chi connectivity index (χ2v) is 3.83. The molecule has 0 aromatic heterocycles. The van der Waals surface area contributed by atoms with Gasteiger partial charge in [0.25, 0.3) is 0 Å². The third-order valence-corrected chi connectivity index (χ3v) is 2.82. The number of hydrogen-bond acceptors (Lipinski definition) is 2. The summed E-state index contributed by atoms with van der Waals surface area (Å²) in [6.45, 7) is 7.00. The molecule has 1 aromatic carbocycles. The van der Waals surface area contributed by atoms with E-state index in [4.69, 9.17) is 0 Å². The minimum Gasteiger partial charge on any atom is -0.366 e. The van der Waals surface area contributed by atoms with Gasteiger partial charge in [-0.1, -0.05) is 18.2 Å². The zero-order valence-corrected chi connectivity index (χ0v) is 8.95. The molecule has 15 heavy (non-hydrogen) atoms. The predicted molar refractivity (Wildman–Crippen MR) is 64.1 cm³/mol. The molecular formula is C13H17N2. The molecule has 0 spiro atoms. The summed E-state index contributed by atoms with van der Waals surface area (Å²) in [5.41, 5.74) is 1.29. The fraction of sp³-hybridized carbons (Fsp3) is 0.385. The van der Waals surface area contributed by atoms with Crippen molar-refractivity contribution in [1.82, 2.24) is 5.32 Å². The molecule has 1 unspecified atom stereocenters. The van der Waals surface area contributed by atoms with Crippen LogP contribution < -0.4 is 10.2 Å². The lowest BCUT2D eigenvalue weighted by atomic mass is 10.1. The van der Waals surface area contributed by atoms with Gasteiger partial charge < -0.3 is 10.2 Å². The Kier molecular flexibility index (Phi) is 3.41. The normalized spacial score (nSPS) is 21.3. The summed E-state index contributed by atoms with van der Waals surface area (Å²) in [4.78, 5) is 2.45. The molecule has 0 saturated carbocycles. The van der Waals surface area contributed by atoms with E-state index < -0.39 is 0 Å². The van der Waals surface area contributed by atoms with Gasteiger partial charge in [0.15, 0.2) is 0 Å². The largest absolute Gasteiger partial charge is 0.366 e. The molecule has 1 aromatic rings. The van der Waals surface area contributed by atoms with E-state index in [2.05, 4.69) is 35.0 Å². The van der Waals surface area contributed by atoms with E-state index >= 15 is 0 Å². The van der Waals surface area contributed by atoms with Crippen LogP contribution in [0.25, 0.3) is 0 Å². The van der Waals surface area contributed by atoms with Gasteiger partial charge in [-0.15, -0.1) is 6.58 Å². The van der Waals surface area contributed by atoms with Crippen molar-refractivity contribution in [3.63, 3.8) is 0 Å². The Morgan fingerprint density at radius 2 is 2.33 bits per heavy atom. The van der Waals surface area contributed by atoms with Crippen LogP contribution in [0.1, 0.15) is 6.42 Å². The van der Waals surface area contributed by atoms with Crippen LogP contribution in [0.5, 0.6) is 0 Å². The maximum absolute atomic E-state index is 3.82. The van der Waals surface area contributed by atoms with Crippen LogP contribution in [0, 0.1) is 6.07 Å². The Balaban J connectivity index is 2.14. The summed E-state index contributed by atoms with van der Waals surface area (Å²) >= 11 is 0. The smallest absolute Gasteiger partial charge is 0.0449 e. The highest BCUT2D eigenvalue weighted by molar-refractivity contribution is 5.47. The summed E-state index contributed by atoms with van der Waals surface area (Å²) in [6.07, 6.45) is 3.03. The lowest BCUT2D eigenvalue weighted by Gasteiger charge is -2.37. The molecule has 1 aliphatic heterocycles. The van der Waals surface area contributed by atoms with Gasteiger partial charge in [-0.25, -0.2) is 0 Å². The fourth-order valence-corrected chi connectivity index (χ4v) is 2.07. The van der Waals surface area contributed by atoms with Crippen LogP contribution in [0.3, 0.4) is 0 Å². The van der Waals surface area contributed by atoms with Gasteiger partial charge in [0, 0.05) is 31.4 Å². The van der Waals surface area contributed by atoms with Gasteiger partial charge in [0.1, 0.15) is 0 Å². The molecule has 0 amide bonds. The van der Waals surface area contributed by atoms with Gasteiger partial charge in [0.05, 0.1) is 0 Å². The highest BCUT2D eigenvalue weighted by atomic mass is 15.2. The van der Waals surface area contributed by atoms with Crippen LogP contribution in [-0.4, -0.2) is 25.7 Å². The Labute approximate surface area is 91.6 Å². The molecule has 79 valence electrons. The van der Waals surface area contributed by atoms with Gasteiger partial charge >= 0.3 is 0 Å². The Morgan fingerprint density at radius 3 is 3.07 bits per heavy atom. The fourth-order valence-electron chi connectivity index (χ4n) is 2.07. The molecule has 1 heterocycles. The third kappa shape index (κ3) is 2.39. The molecule has 0 aliphatic carbocycles. The standard InChI is InChI=1S/C13H17N2/c1-2-6-13-11-14-9-10-15(13)12-7-4-3-5-8-12/h2,4-5,7-8,13-14H,1,6,9-11H2. The molecule has 0 bridgehead atoms. The van der Waals surface area contributed by atoms with Crippen molar-refractivity contribution in [3.8, 4) is 0 Å². The minimum atomic E-state index is 0.540. The van der Waals surface area contributed by atoms with Crippen molar-refractivity contribution < 1.29 is 0 Å². The zero-order chi connectivity index (χ0) is 10.5. The van der Waals surface area contributed by atoms with E-state index in [9.17, 15) is 0 Å². The molecule has 1 saturated heterocycles. The predicted octanol–water partition coefficient (Wildman–Crippen LogP) is 1.84. The van der Waals surface area contributed by atoms with E-state index in [-0.39, 0.29) is 0 Å². The average Bonchev–Trinajstić information content (AvgIpc) is 2.31. The molecule has 1 aliphatic rings.